The number of nitrogens with two attached hydrogens (primary N) is 1. The van der Waals surface area contributed by atoms with Crippen LogP contribution >= 0.6 is 0 Å². The highest BCUT2D eigenvalue weighted by atomic mass is 16.5. The SMILES string of the molecule is COc1ccccc1CC(CCc1ccccc1C)NN. The molecular weight excluding hydrogens is 260 g/mol. The van der Waals surface area contributed by atoms with Crippen molar-refractivity contribution in [1.82, 2.24) is 5.43 Å². The second-order valence-electron chi connectivity index (χ2n) is 5.34. The third kappa shape index (κ3) is 4.31. The van der Waals surface area contributed by atoms with Crippen LogP contribution in [0.25, 0.3) is 0 Å². The zero-order chi connectivity index (χ0) is 15.1. The molecule has 0 radical (unpaired) electrons. The molecule has 2 aromatic carbocycles. The highest BCUT2D eigenvalue weighted by molar-refractivity contribution is 5.34. The first kappa shape index (κ1) is 15.5. The number of hydrogen-bond donors (Lipinski definition) is 2. The maximum absolute atomic E-state index is 5.72. The van der Waals surface area contributed by atoms with Crippen LogP contribution in [0.15, 0.2) is 48.5 Å². The summed E-state index contributed by atoms with van der Waals surface area (Å²) in [5.41, 5.74) is 6.85. The minimum atomic E-state index is 0.237. The molecule has 0 heterocycles. The third-order valence-electron chi connectivity index (χ3n) is 3.92. The largest absolute Gasteiger partial charge is 0.496 e. The molecule has 1 unspecified atom stereocenters. The van der Waals surface area contributed by atoms with Crippen LogP contribution in [0.3, 0.4) is 0 Å². The van der Waals surface area contributed by atoms with E-state index < -0.39 is 0 Å². The van der Waals surface area contributed by atoms with Crippen molar-refractivity contribution in [1.29, 1.82) is 0 Å². The number of para-hydroxylation sites is 1. The number of nitrogens with one attached hydrogen (secondary N) is 1. The Labute approximate surface area is 127 Å². The van der Waals surface area contributed by atoms with Gasteiger partial charge in [0.25, 0.3) is 0 Å². The van der Waals surface area contributed by atoms with Crippen molar-refractivity contribution in [2.75, 3.05) is 7.11 Å². The second-order valence-corrected chi connectivity index (χ2v) is 5.34. The number of ether oxygens (including phenoxy) is 1. The van der Waals surface area contributed by atoms with Crippen LogP contribution in [0.5, 0.6) is 5.75 Å². The van der Waals surface area contributed by atoms with E-state index in [-0.39, 0.29) is 6.04 Å². The van der Waals surface area contributed by atoms with E-state index in [0.29, 0.717) is 0 Å². The van der Waals surface area contributed by atoms with Crippen molar-refractivity contribution in [3.8, 4) is 5.75 Å². The molecule has 112 valence electrons. The lowest BCUT2D eigenvalue weighted by Gasteiger charge is -2.18. The fourth-order valence-corrected chi connectivity index (χ4v) is 2.60. The molecule has 0 saturated carbocycles. The number of aryl methyl sites for hydroxylation is 2. The van der Waals surface area contributed by atoms with Crippen LogP contribution in [0.2, 0.25) is 0 Å². The summed E-state index contributed by atoms with van der Waals surface area (Å²) >= 11 is 0. The van der Waals surface area contributed by atoms with Crippen LogP contribution in [0.4, 0.5) is 0 Å². The van der Waals surface area contributed by atoms with Gasteiger partial charge >= 0.3 is 0 Å². The number of hydrogen-bond acceptors (Lipinski definition) is 3. The molecule has 0 aliphatic rings. The zero-order valence-corrected chi connectivity index (χ0v) is 12.8. The summed E-state index contributed by atoms with van der Waals surface area (Å²) in [6.45, 7) is 2.15. The van der Waals surface area contributed by atoms with E-state index in [1.807, 2.05) is 18.2 Å². The molecule has 21 heavy (non-hydrogen) atoms. The van der Waals surface area contributed by atoms with E-state index in [4.69, 9.17) is 10.6 Å². The predicted octanol–water partition coefficient (Wildman–Crippen LogP) is 3.01. The Kier molecular flexibility index (Phi) is 5.78. The lowest BCUT2D eigenvalue weighted by Crippen LogP contribution is -2.37. The Morgan fingerprint density at radius 2 is 1.71 bits per heavy atom. The molecule has 0 aliphatic heterocycles. The molecule has 0 amide bonds. The Morgan fingerprint density at radius 3 is 2.38 bits per heavy atom. The normalized spacial score (nSPS) is 12.1. The van der Waals surface area contributed by atoms with Gasteiger partial charge in [-0.25, -0.2) is 0 Å². The van der Waals surface area contributed by atoms with Gasteiger partial charge in [-0.05, 0) is 48.9 Å². The molecular formula is C18H24N2O. The summed E-state index contributed by atoms with van der Waals surface area (Å²) in [6, 6.07) is 16.8. The fourth-order valence-electron chi connectivity index (χ4n) is 2.60. The van der Waals surface area contributed by atoms with Crippen molar-refractivity contribution >= 4 is 0 Å². The maximum Gasteiger partial charge on any atom is 0.122 e. The number of rotatable bonds is 7. The van der Waals surface area contributed by atoms with E-state index >= 15 is 0 Å². The maximum atomic E-state index is 5.72. The van der Waals surface area contributed by atoms with Crippen LogP contribution in [0, 0.1) is 6.92 Å². The van der Waals surface area contributed by atoms with Gasteiger partial charge in [0.15, 0.2) is 0 Å². The highest BCUT2D eigenvalue weighted by Crippen LogP contribution is 2.20. The minimum Gasteiger partial charge on any atom is -0.496 e. The van der Waals surface area contributed by atoms with Crippen LogP contribution in [-0.2, 0) is 12.8 Å². The summed E-state index contributed by atoms with van der Waals surface area (Å²) < 4.78 is 5.40. The molecule has 0 fully saturated rings. The number of benzene rings is 2. The summed E-state index contributed by atoms with van der Waals surface area (Å²) in [5, 5.41) is 0. The Morgan fingerprint density at radius 1 is 1.05 bits per heavy atom. The molecule has 0 bridgehead atoms. The van der Waals surface area contributed by atoms with Gasteiger partial charge in [0, 0.05) is 6.04 Å². The average molecular weight is 284 g/mol. The molecule has 0 saturated heterocycles. The highest BCUT2D eigenvalue weighted by Gasteiger charge is 2.11. The van der Waals surface area contributed by atoms with E-state index in [1.165, 1.54) is 16.7 Å². The topological polar surface area (TPSA) is 47.3 Å². The first-order valence-electron chi connectivity index (χ1n) is 7.37. The van der Waals surface area contributed by atoms with Gasteiger partial charge in [-0.2, -0.15) is 0 Å². The molecule has 0 aromatic heterocycles. The van der Waals surface area contributed by atoms with Gasteiger partial charge in [-0.15, -0.1) is 0 Å². The first-order valence-corrected chi connectivity index (χ1v) is 7.37. The molecule has 0 spiro atoms. The van der Waals surface area contributed by atoms with Crippen molar-refractivity contribution in [3.63, 3.8) is 0 Å². The first-order chi connectivity index (χ1) is 10.2. The van der Waals surface area contributed by atoms with Crippen LogP contribution in [0.1, 0.15) is 23.1 Å². The molecule has 2 aromatic rings. The summed E-state index contributed by atoms with van der Waals surface area (Å²) in [4.78, 5) is 0. The summed E-state index contributed by atoms with van der Waals surface area (Å²) in [5.74, 6) is 6.65. The Bertz CT molecular complexity index is 569. The molecule has 3 nitrogen and oxygen atoms in total. The van der Waals surface area contributed by atoms with E-state index in [9.17, 15) is 0 Å². The summed E-state index contributed by atoms with van der Waals surface area (Å²) in [6.07, 6.45) is 2.89. The van der Waals surface area contributed by atoms with Crippen LogP contribution < -0.4 is 16.0 Å². The summed E-state index contributed by atoms with van der Waals surface area (Å²) in [7, 11) is 1.71. The number of methoxy groups -OCH3 is 1. The third-order valence-corrected chi connectivity index (χ3v) is 3.92. The smallest absolute Gasteiger partial charge is 0.122 e. The zero-order valence-electron chi connectivity index (χ0n) is 12.8. The monoisotopic (exact) mass is 284 g/mol. The standard InChI is InChI=1S/C18H24N2O/c1-14-7-3-4-8-15(14)11-12-17(20-19)13-16-9-5-6-10-18(16)21-2/h3-10,17,20H,11-13,19H2,1-2H3. The molecule has 0 aliphatic carbocycles. The van der Waals surface area contributed by atoms with Gasteiger partial charge in [0.05, 0.1) is 7.11 Å². The molecule has 3 heteroatoms. The van der Waals surface area contributed by atoms with Gasteiger partial charge in [-0.3, -0.25) is 11.3 Å². The predicted molar refractivity (Wildman–Crippen MR) is 87.3 cm³/mol. The van der Waals surface area contributed by atoms with Crippen molar-refractivity contribution in [3.05, 3.63) is 65.2 Å². The van der Waals surface area contributed by atoms with Gasteiger partial charge < -0.3 is 4.74 Å². The van der Waals surface area contributed by atoms with Gasteiger partial charge in [0.1, 0.15) is 5.75 Å². The Hall–Kier alpha value is -1.84. The van der Waals surface area contributed by atoms with Crippen LogP contribution in [-0.4, -0.2) is 13.2 Å². The van der Waals surface area contributed by atoms with Gasteiger partial charge in [-0.1, -0.05) is 42.5 Å². The van der Waals surface area contributed by atoms with Crippen molar-refractivity contribution in [2.45, 2.75) is 32.2 Å². The van der Waals surface area contributed by atoms with E-state index in [0.717, 1.165) is 25.0 Å². The van der Waals surface area contributed by atoms with E-state index in [2.05, 4.69) is 42.7 Å². The van der Waals surface area contributed by atoms with Crippen molar-refractivity contribution < 1.29 is 4.74 Å². The Balaban J connectivity index is 1.99. The lowest BCUT2D eigenvalue weighted by atomic mass is 9.97. The lowest BCUT2D eigenvalue weighted by molar-refractivity contribution is 0.403. The fraction of sp³-hybridized carbons (Fsp3) is 0.333. The number of hydrazine groups is 1. The van der Waals surface area contributed by atoms with Gasteiger partial charge in [0.2, 0.25) is 0 Å². The molecule has 2 rings (SSSR count). The molecule has 1 atom stereocenters. The molecule has 3 N–H and O–H groups in total. The average Bonchev–Trinajstić information content (AvgIpc) is 2.53. The minimum absolute atomic E-state index is 0.237. The van der Waals surface area contributed by atoms with Crippen molar-refractivity contribution in [2.24, 2.45) is 5.84 Å². The second kappa shape index (κ2) is 7.81. The quantitative estimate of drug-likeness (QED) is 0.607. The van der Waals surface area contributed by atoms with E-state index in [1.54, 1.807) is 7.11 Å².